The number of phenolic OH excluding ortho intramolecular Hbond substituents is 1. The van der Waals surface area contributed by atoms with Gasteiger partial charge in [0.1, 0.15) is 23.1 Å². The van der Waals surface area contributed by atoms with Crippen molar-refractivity contribution in [3.8, 4) is 11.8 Å². The molecule has 0 saturated heterocycles. The van der Waals surface area contributed by atoms with Crippen LogP contribution < -0.4 is 5.32 Å². The first-order valence-corrected chi connectivity index (χ1v) is 6.47. The van der Waals surface area contributed by atoms with Gasteiger partial charge in [-0.15, -0.1) is 0 Å². The molecule has 7 nitrogen and oxygen atoms in total. The Morgan fingerprint density at radius 1 is 1.22 bits per heavy atom. The van der Waals surface area contributed by atoms with Crippen molar-refractivity contribution in [1.82, 2.24) is 0 Å². The normalized spacial score (nSPS) is 10.7. The number of rotatable bonds is 4. The molecule has 7 heteroatoms. The van der Waals surface area contributed by atoms with Crippen LogP contribution in [0.2, 0.25) is 0 Å². The fraction of sp³-hybridized carbons (Fsp3) is 0. The number of anilines is 1. The van der Waals surface area contributed by atoms with Gasteiger partial charge >= 0.3 is 0 Å². The number of hydrogen-bond acceptors (Lipinski definition) is 5. The lowest BCUT2D eigenvalue weighted by molar-refractivity contribution is -0.383. The van der Waals surface area contributed by atoms with Crippen LogP contribution >= 0.6 is 0 Å². The summed E-state index contributed by atoms with van der Waals surface area (Å²) in [6.45, 7) is 0. The highest BCUT2D eigenvalue weighted by Crippen LogP contribution is 2.24. The molecule has 0 aliphatic heterocycles. The Morgan fingerprint density at radius 2 is 1.87 bits per heavy atom. The zero-order chi connectivity index (χ0) is 16.8. The zero-order valence-electron chi connectivity index (χ0n) is 11.8. The predicted octanol–water partition coefficient (Wildman–Crippen LogP) is 2.85. The quantitative estimate of drug-likeness (QED) is 0.390. The number of hydrogen-bond donors (Lipinski definition) is 2. The first kappa shape index (κ1) is 15.7. The van der Waals surface area contributed by atoms with Gasteiger partial charge in [-0.3, -0.25) is 14.9 Å². The van der Waals surface area contributed by atoms with E-state index in [1.54, 1.807) is 12.1 Å². The SMILES string of the molecule is N#CC(=Cc1ccc(O)cc1)C(=O)Nc1ccccc1[N+](=O)[O-]. The van der Waals surface area contributed by atoms with E-state index in [-0.39, 0.29) is 22.7 Å². The standard InChI is InChI=1S/C16H11N3O4/c17-10-12(9-11-5-7-13(20)8-6-11)16(21)18-14-3-1-2-4-15(14)19(22)23/h1-9,20H,(H,18,21). The highest BCUT2D eigenvalue weighted by molar-refractivity contribution is 6.10. The van der Waals surface area contributed by atoms with Gasteiger partial charge in [-0.25, -0.2) is 0 Å². The lowest BCUT2D eigenvalue weighted by Gasteiger charge is -2.05. The summed E-state index contributed by atoms with van der Waals surface area (Å²) in [4.78, 5) is 22.4. The van der Waals surface area contributed by atoms with Crippen LogP contribution in [0.5, 0.6) is 5.75 Å². The summed E-state index contributed by atoms with van der Waals surface area (Å²) in [5, 5.41) is 31.6. The molecule has 0 aromatic heterocycles. The van der Waals surface area contributed by atoms with Gasteiger partial charge in [0.25, 0.3) is 11.6 Å². The van der Waals surface area contributed by atoms with E-state index in [4.69, 9.17) is 5.26 Å². The summed E-state index contributed by atoms with van der Waals surface area (Å²) in [5.74, 6) is -0.695. The molecule has 2 N–H and O–H groups in total. The molecule has 23 heavy (non-hydrogen) atoms. The molecule has 1 amide bonds. The van der Waals surface area contributed by atoms with Crippen molar-refractivity contribution in [2.75, 3.05) is 5.32 Å². The number of nitriles is 1. The van der Waals surface area contributed by atoms with Gasteiger partial charge in [0, 0.05) is 6.07 Å². The van der Waals surface area contributed by atoms with E-state index in [0.29, 0.717) is 5.56 Å². The van der Waals surface area contributed by atoms with Crippen LogP contribution in [0.1, 0.15) is 5.56 Å². The van der Waals surface area contributed by atoms with E-state index < -0.39 is 10.8 Å². The van der Waals surface area contributed by atoms with Gasteiger partial charge in [-0.05, 0) is 29.8 Å². The minimum absolute atomic E-state index is 0.00866. The van der Waals surface area contributed by atoms with Crippen molar-refractivity contribution >= 4 is 23.4 Å². The number of aromatic hydroxyl groups is 1. The van der Waals surface area contributed by atoms with Crippen LogP contribution in [0.3, 0.4) is 0 Å². The Balaban J connectivity index is 2.27. The molecule has 0 atom stereocenters. The number of nitro groups is 1. The maximum atomic E-state index is 12.1. The smallest absolute Gasteiger partial charge is 0.292 e. The fourth-order valence-electron chi connectivity index (χ4n) is 1.81. The Labute approximate surface area is 131 Å². The number of carbonyl (C=O) groups excluding carboxylic acids is 1. The number of nitro benzene ring substituents is 1. The maximum Gasteiger partial charge on any atom is 0.292 e. The molecule has 0 radical (unpaired) electrons. The Hall–Kier alpha value is -3.66. The summed E-state index contributed by atoms with van der Waals surface area (Å²) < 4.78 is 0. The third-order valence-electron chi connectivity index (χ3n) is 2.92. The van der Waals surface area contributed by atoms with Gasteiger partial charge < -0.3 is 10.4 Å². The van der Waals surface area contributed by atoms with Crippen molar-refractivity contribution in [1.29, 1.82) is 5.26 Å². The highest BCUT2D eigenvalue weighted by Gasteiger charge is 2.17. The number of carbonyl (C=O) groups is 1. The lowest BCUT2D eigenvalue weighted by Crippen LogP contribution is -2.14. The van der Waals surface area contributed by atoms with Crippen LogP contribution in [0.25, 0.3) is 6.08 Å². The molecule has 0 spiro atoms. The van der Waals surface area contributed by atoms with Crippen molar-refractivity contribution in [3.05, 3.63) is 69.8 Å². The number of para-hydroxylation sites is 2. The molecule has 0 heterocycles. The maximum absolute atomic E-state index is 12.1. The van der Waals surface area contributed by atoms with Gasteiger partial charge in [-0.2, -0.15) is 5.26 Å². The average molecular weight is 309 g/mol. The zero-order valence-corrected chi connectivity index (χ0v) is 11.8. The number of benzene rings is 2. The summed E-state index contributed by atoms with van der Waals surface area (Å²) in [7, 11) is 0. The molecule has 2 aromatic carbocycles. The summed E-state index contributed by atoms with van der Waals surface area (Å²) >= 11 is 0. The highest BCUT2D eigenvalue weighted by atomic mass is 16.6. The lowest BCUT2D eigenvalue weighted by atomic mass is 10.1. The van der Waals surface area contributed by atoms with E-state index in [2.05, 4.69) is 5.32 Å². The molecule has 0 aliphatic rings. The van der Waals surface area contributed by atoms with Crippen LogP contribution in [0, 0.1) is 21.4 Å². The van der Waals surface area contributed by atoms with E-state index in [9.17, 15) is 20.0 Å². The first-order chi connectivity index (χ1) is 11.0. The molecule has 0 unspecified atom stereocenters. The number of nitrogens with zero attached hydrogens (tertiary/aromatic N) is 2. The second-order valence-corrected chi connectivity index (χ2v) is 4.49. The summed E-state index contributed by atoms with van der Waals surface area (Å²) in [6, 6.07) is 13.3. The van der Waals surface area contributed by atoms with Crippen molar-refractivity contribution < 1.29 is 14.8 Å². The van der Waals surface area contributed by atoms with Crippen molar-refractivity contribution in [2.45, 2.75) is 0 Å². The Kier molecular flexibility index (Phi) is 4.69. The monoisotopic (exact) mass is 309 g/mol. The Bertz CT molecular complexity index is 820. The van der Waals surface area contributed by atoms with E-state index >= 15 is 0 Å². The molecule has 2 aromatic rings. The van der Waals surface area contributed by atoms with Gasteiger partial charge in [-0.1, -0.05) is 24.3 Å². The van der Waals surface area contributed by atoms with E-state index in [1.807, 2.05) is 0 Å². The minimum atomic E-state index is -0.755. The average Bonchev–Trinajstić information content (AvgIpc) is 2.54. The summed E-state index contributed by atoms with van der Waals surface area (Å²) in [6.07, 6.45) is 1.32. The fourth-order valence-corrected chi connectivity index (χ4v) is 1.81. The number of nitrogens with one attached hydrogen (secondary N) is 1. The predicted molar refractivity (Wildman–Crippen MR) is 83.4 cm³/mol. The largest absolute Gasteiger partial charge is 0.508 e. The molecule has 0 fully saturated rings. The molecule has 0 bridgehead atoms. The molecule has 2 rings (SSSR count). The van der Waals surface area contributed by atoms with Crippen LogP contribution in [0.4, 0.5) is 11.4 Å². The van der Waals surface area contributed by atoms with Crippen LogP contribution in [-0.4, -0.2) is 15.9 Å². The van der Waals surface area contributed by atoms with Gasteiger partial charge in [0.2, 0.25) is 0 Å². The first-order valence-electron chi connectivity index (χ1n) is 6.47. The third-order valence-corrected chi connectivity index (χ3v) is 2.92. The van der Waals surface area contributed by atoms with E-state index in [1.165, 1.54) is 48.5 Å². The van der Waals surface area contributed by atoms with Crippen molar-refractivity contribution in [2.24, 2.45) is 0 Å². The number of amides is 1. The Morgan fingerprint density at radius 3 is 2.48 bits per heavy atom. The van der Waals surface area contributed by atoms with Gasteiger partial charge in [0.05, 0.1) is 4.92 Å². The van der Waals surface area contributed by atoms with Crippen LogP contribution in [-0.2, 0) is 4.79 Å². The number of phenols is 1. The molecule has 114 valence electrons. The molecule has 0 aliphatic carbocycles. The van der Waals surface area contributed by atoms with Crippen LogP contribution in [0.15, 0.2) is 54.1 Å². The van der Waals surface area contributed by atoms with Gasteiger partial charge in [0.15, 0.2) is 0 Å². The minimum Gasteiger partial charge on any atom is -0.508 e. The topological polar surface area (TPSA) is 116 Å². The second-order valence-electron chi connectivity index (χ2n) is 4.49. The molecular weight excluding hydrogens is 298 g/mol. The third kappa shape index (κ3) is 3.92. The molecule has 0 saturated carbocycles. The summed E-state index contributed by atoms with van der Waals surface area (Å²) in [5.41, 5.74) is 0.0723. The van der Waals surface area contributed by atoms with Crippen molar-refractivity contribution in [3.63, 3.8) is 0 Å². The van der Waals surface area contributed by atoms with E-state index in [0.717, 1.165) is 0 Å². The molecular formula is C16H11N3O4. The second kappa shape index (κ2) is 6.87.